The number of benzene rings is 1. The summed E-state index contributed by atoms with van der Waals surface area (Å²) in [6.45, 7) is -0.476. The van der Waals surface area contributed by atoms with E-state index < -0.39 is 30.0 Å². The molecular formula is C17H10F3N3O2. The fourth-order valence-corrected chi connectivity index (χ4v) is 1.94. The minimum absolute atomic E-state index is 0.0881. The van der Waals surface area contributed by atoms with Crippen molar-refractivity contribution in [2.24, 2.45) is 0 Å². The van der Waals surface area contributed by atoms with Gasteiger partial charge in [-0.1, -0.05) is 6.07 Å². The largest absolute Gasteiger partial charge is 0.486 e. The number of carbonyl (C=O) groups is 1. The molecule has 0 unspecified atom stereocenters. The predicted octanol–water partition coefficient (Wildman–Crippen LogP) is 3.23. The molecule has 0 amide bonds. The number of hydrogen-bond acceptors (Lipinski definition) is 5. The van der Waals surface area contributed by atoms with Crippen molar-refractivity contribution in [1.82, 2.24) is 4.98 Å². The van der Waals surface area contributed by atoms with E-state index in [1.54, 1.807) is 18.2 Å². The Morgan fingerprint density at radius 2 is 2.00 bits per heavy atom. The van der Waals surface area contributed by atoms with Crippen LogP contribution in [0.25, 0.3) is 0 Å². The minimum atomic E-state index is -4.55. The van der Waals surface area contributed by atoms with E-state index in [9.17, 15) is 18.0 Å². The topological polar surface area (TPSA) is 86.8 Å². The molecule has 0 saturated carbocycles. The fourth-order valence-electron chi connectivity index (χ4n) is 1.94. The molecular weight excluding hydrogens is 335 g/mol. The third-order valence-corrected chi connectivity index (χ3v) is 3.20. The summed E-state index contributed by atoms with van der Waals surface area (Å²) in [5.74, 6) is -1.73. The maximum atomic E-state index is 12.5. The monoisotopic (exact) mass is 345 g/mol. The van der Waals surface area contributed by atoms with Crippen LogP contribution in [0.3, 0.4) is 0 Å². The van der Waals surface area contributed by atoms with Crippen molar-refractivity contribution in [3.63, 3.8) is 0 Å². The number of halogens is 3. The van der Waals surface area contributed by atoms with Crippen LogP contribution in [0.2, 0.25) is 0 Å². The Morgan fingerprint density at radius 3 is 2.56 bits per heavy atom. The zero-order chi connectivity index (χ0) is 18.4. The van der Waals surface area contributed by atoms with Crippen molar-refractivity contribution >= 4 is 5.78 Å². The van der Waals surface area contributed by atoms with Crippen LogP contribution in [0, 0.1) is 22.7 Å². The van der Waals surface area contributed by atoms with Crippen LogP contribution in [0.15, 0.2) is 42.6 Å². The SMILES string of the molecule is N#Cc1cccc(OCC(=O)[C@@H](C#N)c2ccc(C(F)(F)F)cn2)c1. The second-order valence-electron chi connectivity index (χ2n) is 4.93. The van der Waals surface area contributed by atoms with Crippen LogP contribution in [0.5, 0.6) is 5.75 Å². The molecule has 0 saturated heterocycles. The number of aromatic nitrogens is 1. The minimum Gasteiger partial charge on any atom is -0.486 e. The first-order chi connectivity index (χ1) is 11.8. The van der Waals surface area contributed by atoms with Gasteiger partial charge in [0.2, 0.25) is 0 Å². The smallest absolute Gasteiger partial charge is 0.417 e. The Bertz CT molecular complexity index is 849. The molecule has 5 nitrogen and oxygen atoms in total. The molecule has 0 aliphatic carbocycles. The molecule has 1 aromatic carbocycles. The van der Waals surface area contributed by atoms with E-state index in [2.05, 4.69) is 4.98 Å². The number of Topliss-reactive ketones (excluding diaryl/α,β-unsaturated/α-hetero) is 1. The predicted molar refractivity (Wildman–Crippen MR) is 79.3 cm³/mol. The molecule has 0 aliphatic rings. The molecule has 2 rings (SSSR count). The second kappa shape index (κ2) is 7.45. The van der Waals surface area contributed by atoms with Crippen molar-refractivity contribution in [1.29, 1.82) is 10.5 Å². The number of carbonyl (C=O) groups excluding carboxylic acids is 1. The van der Waals surface area contributed by atoms with Crippen molar-refractivity contribution < 1.29 is 22.7 Å². The highest BCUT2D eigenvalue weighted by Gasteiger charge is 2.31. The number of alkyl halides is 3. The van der Waals surface area contributed by atoms with Crippen molar-refractivity contribution in [3.8, 4) is 17.9 Å². The average molecular weight is 345 g/mol. The van der Waals surface area contributed by atoms with Crippen LogP contribution in [0.1, 0.15) is 22.7 Å². The van der Waals surface area contributed by atoms with E-state index in [0.29, 0.717) is 11.8 Å². The number of hydrogen-bond donors (Lipinski definition) is 0. The molecule has 25 heavy (non-hydrogen) atoms. The maximum absolute atomic E-state index is 12.5. The lowest BCUT2D eigenvalue weighted by molar-refractivity contribution is -0.137. The van der Waals surface area contributed by atoms with Gasteiger partial charge in [0.15, 0.2) is 11.7 Å². The Kier molecular flexibility index (Phi) is 5.35. The zero-order valence-corrected chi connectivity index (χ0v) is 12.6. The van der Waals surface area contributed by atoms with Gasteiger partial charge in [0, 0.05) is 6.20 Å². The van der Waals surface area contributed by atoms with Crippen LogP contribution < -0.4 is 4.74 Å². The number of ketones is 1. The van der Waals surface area contributed by atoms with Gasteiger partial charge in [-0.05, 0) is 30.3 Å². The summed E-state index contributed by atoms with van der Waals surface area (Å²) < 4.78 is 42.8. The third-order valence-electron chi connectivity index (χ3n) is 3.20. The van der Waals surface area contributed by atoms with Gasteiger partial charge in [-0.25, -0.2) is 0 Å². The van der Waals surface area contributed by atoms with E-state index in [-0.39, 0.29) is 11.4 Å². The first kappa shape index (κ1) is 18.0. The summed E-state index contributed by atoms with van der Waals surface area (Å²) >= 11 is 0. The van der Waals surface area contributed by atoms with Gasteiger partial charge in [-0.2, -0.15) is 23.7 Å². The molecule has 0 spiro atoms. The van der Waals surface area contributed by atoms with Crippen LogP contribution >= 0.6 is 0 Å². The third kappa shape index (κ3) is 4.55. The highest BCUT2D eigenvalue weighted by molar-refractivity contribution is 5.89. The van der Waals surface area contributed by atoms with Crippen molar-refractivity contribution in [2.75, 3.05) is 6.61 Å². The summed E-state index contributed by atoms with van der Waals surface area (Å²) in [6, 6.07) is 11.5. The van der Waals surface area contributed by atoms with Crippen LogP contribution in [-0.2, 0) is 11.0 Å². The normalized spacial score (nSPS) is 11.9. The standard InChI is InChI=1S/C17H10F3N3O2/c18-17(19,20)12-4-5-15(23-9-12)14(8-22)16(24)10-25-13-3-1-2-11(6-13)7-21/h1-6,9,14H,10H2/t14-/m0/s1. The number of ether oxygens (including phenoxy) is 1. The van der Waals surface area contributed by atoms with Crippen molar-refractivity contribution in [2.45, 2.75) is 12.1 Å². The van der Waals surface area contributed by atoms with Gasteiger partial charge in [0.25, 0.3) is 0 Å². The fraction of sp³-hybridized carbons (Fsp3) is 0.176. The number of rotatable bonds is 5. The number of nitrogens with zero attached hydrogens (tertiary/aromatic N) is 3. The molecule has 8 heteroatoms. The summed E-state index contributed by atoms with van der Waals surface area (Å²) in [7, 11) is 0. The van der Waals surface area contributed by atoms with Crippen LogP contribution in [0.4, 0.5) is 13.2 Å². The van der Waals surface area contributed by atoms with E-state index in [0.717, 1.165) is 12.1 Å². The molecule has 0 bridgehead atoms. The van der Waals surface area contributed by atoms with Gasteiger partial charge in [0.05, 0.1) is 29.0 Å². The van der Waals surface area contributed by atoms with Crippen LogP contribution in [-0.4, -0.2) is 17.4 Å². The lowest BCUT2D eigenvalue weighted by Crippen LogP contribution is -2.20. The summed E-state index contributed by atoms with van der Waals surface area (Å²) in [5, 5.41) is 17.9. The average Bonchev–Trinajstić information content (AvgIpc) is 2.60. The lowest BCUT2D eigenvalue weighted by atomic mass is 10.0. The van der Waals surface area contributed by atoms with E-state index in [1.807, 2.05) is 6.07 Å². The second-order valence-corrected chi connectivity index (χ2v) is 4.93. The van der Waals surface area contributed by atoms with Gasteiger partial charge < -0.3 is 4.74 Å². The van der Waals surface area contributed by atoms with E-state index in [4.69, 9.17) is 15.3 Å². The Balaban J connectivity index is 2.08. The Morgan fingerprint density at radius 1 is 1.24 bits per heavy atom. The quantitative estimate of drug-likeness (QED) is 0.830. The van der Waals surface area contributed by atoms with Gasteiger partial charge in [-0.3, -0.25) is 9.78 Å². The molecule has 126 valence electrons. The highest BCUT2D eigenvalue weighted by atomic mass is 19.4. The highest BCUT2D eigenvalue weighted by Crippen LogP contribution is 2.29. The lowest BCUT2D eigenvalue weighted by Gasteiger charge is -2.11. The van der Waals surface area contributed by atoms with E-state index in [1.165, 1.54) is 12.1 Å². The Labute approximate surface area is 140 Å². The molecule has 0 fully saturated rings. The molecule has 0 N–H and O–H groups in total. The number of nitriles is 2. The molecule has 1 aromatic heterocycles. The number of pyridine rings is 1. The molecule has 0 aliphatic heterocycles. The molecule has 0 radical (unpaired) electrons. The molecule has 1 heterocycles. The summed E-state index contributed by atoms with van der Waals surface area (Å²) in [4.78, 5) is 15.7. The summed E-state index contributed by atoms with van der Waals surface area (Å²) in [6.07, 6.45) is -3.98. The molecule has 2 aromatic rings. The molecule has 1 atom stereocenters. The first-order valence-corrected chi connectivity index (χ1v) is 6.93. The zero-order valence-electron chi connectivity index (χ0n) is 12.6. The van der Waals surface area contributed by atoms with Gasteiger partial charge in [-0.15, -0.1) is 0 Å². The maximum Gasteiger partial charge on any atom is 0.417 e. The Hall–Kier alpha value is -3.39. The van der Waals surface area contributed by atoms with Crippen molar-refractivity contribution in [3.05, 3.63) is 59.4 Å². The van der Waals surface area contributed by atoms with Gasteiger partial charge in [0.1, 0.15) is 12.4 Å². The first-order valence-electron chi connectivity index (χ1n) is 6.93. The van der Waals surface area contributed by atoms with E-state index >= 15 is 0 Å². The van der Waals surface area contributed by atoms with Gasteiger partial charge >= 0.3 is 6.18 Å². The summed E-state index contributed by atoms with van der Waals surface area (Å²) in [5.41, 5.74) is -0.717.